The minimum absolute atomic E-state index is 0.299. The molecule has 0 aliphatic heterocycles. The number of carbonyl (C=O) groups excluding carboxylic acids is 1. The Morgan fingerprint density at radius 3 is 2.82 bits per heavy atom. The van der Waals surface area contributed by atoms with Gasteiger partial charge in [0.25, 0.3) is 0 Å². The molecule has 1 N–H and O–H groups in total. The lowest BCUT2D eigenvalue weighted by atomic mass is 10.1. The highest BCUT2D eigenvalue weighted by atomic mass is 19.1. The van der Waals surface area contributed by atoms with Gasteiger partial charge >= 0.3 is 5.97 Å². The number of anilines is 1. The van der Waals surface area contributed by atoms with Crippen LogP contribution in [0.25, 0.3) is 0 Å². The Morgan fingerprint density at radius 1 is 1.59 bits per heavy atom. The Kier molecular flexibility index (Phi) is 4.69. The van der Waals surface area contributed by atoms with Crippen molar-refractivity contribution in [1.29, 1.82) is 0 Å². The van der Waals surface area contributed by atoms with Gasteiger partial charge in [0.15, 0.2) is 0 Å². The molecule has 1 rings (SSSR count). The third kappa shape index (κ3) is 3.90. The van der Waals surface area contributed by atoms with Gasteiger partial charge < -0.3 is 10.1 Å². The van der Waals surface area contributed by atoms with E-state index in [0.29, 0.717) is 17.9 Å². The molecule has 0 aliphatic carbocycles. The lowest BCUT2D eigenvalue weighted by molar-refractivity contribution is -0.143. The number of halogens is 1. The van der Waals surface area contributed by atoms with Crippen LogP contribution in [-0.4, -0.2) is 18.6 Å². The van der Waals surface area contributed by atoms with Crippen molar-refractivity contribution < 1.29 is 13.9 Å². The first kappa shape index (κ1) is 13.2. The number of hydrogen-bond donors (Lipinski definition) is 1. The van der Waals surface area contributed by atoms with Crippen LogP contribution in [-0.2, 0) is 9.53 Å². The average Bonchev–Trinajstić information content (AvgIpc) is 2.26. The molecule has 3 nitrogen and oxygen atoms in total. The van der Waals surface area contributed by atoms with Crippen LogP contribution in [0.15, 0.2) is 36.4 Å². The van der Waals surface area contributed by atoms with Crippen LogP contribution in [0.2, 0.25) is 0 Å². The molecule has 0 aromatic heterocycles. The van der Waals surface area contributed by atoms with E-state index in [1.807, 2.05) is 0 Å². The molecule has 92 valence electrons. The standard InChI is InChI=1S/C13H16FNO2/c1-4-17-13(16)12(9(2)3)15-11-7-5-6-10(14)8-11/h5-8,12,15H,2,4H2,1,3H3. The fraction of sp³-hybridized carbons (Fsp3) is 0.308. The van der Waals surface area contributed by atoms with E-state index < -0.39 is 12.0 Å². The molecule has 0 fully saturated rings. The van der Waals surface area contributed by atoms with Gasteiger partial charge in [0.2, 0.25) is 0 Å². The van der Waals surface area contributed by atoms with Crippen LogP contribution in [0.4, 0.5) is 10.1 Å². The Morgan fingerprint density at radius 2 is 2.29 bits per heavy atom. The van der Waals surface area contributed by atoms with Gasteiger partial charge in [-0.2, -0.15) is 0 Å². The van der Waals surface area contributed by atoms with E-state index >= 15 is 0 Å². The average molecular weight is 237 g/mol. The Hall–Kier alpha value is -1.84. The summed E-state index contributed by atoms with van der Waals surface area (Å²) >= 11 is 0. The van der Waals surface area contributed by atoms with Crippen molar-refractivity contribution in [3.05, 3.63) is 42.2 Å². The predicted molar refractivity (Wildman–Crippen MR) is 65.3 cm³/mol. The Labute approximate surface area is 100 Å². The predicted octanol–water partition coefficient (Wildman–Crippen LogP) is 2.75. The smallest absolute Gasteiger partial charge is 0.332 e. The number of nitrogens with one attached hydrogen (secondary N) is 1. The Balaban J connectivity index is 2.80. The molecule has 0 saturated heterocycles. The van der Waals surface area contributed by atoms with Crippen molar-refractivity contribution >= 4 is 11.7 Å². The van der Waals surface area contributed by atoms with Crippen molar-refractivity contribution in [3.63, 3.8) is 0 Å². The summed E-state index contributed by atoms with van der Waals surface area (Å²) in [7, 11) is 0. The van der Waals surface area contributed by atoms with Gasteiger partial charge in [-0.05, 0) is 37.6 Å². The second kappa shape index (κ2) is 6.03. The van der Waals surface area contributed by atoms with Crippen molar-refractivity contribution in [3.8, 4) is 0 Å². The summed E-state index contributed by atoms with van der Waals surface area (Å²) in [5.41, 5.74) is 1.14. The minimum Gasteiger partial charge on any atom is -0.464 e. The molecule has 4 heteroatoms. The van der Waals surface area contributed by atoms with E-state index in [2.05, 4.69) is 11.9 Å². The van der Waals surface area contributed by atoms with Gasteiger partial charge in [0, 0.05) is 5.69 Å². The van der Waals surface area contributed by atoms with Gasteiger partial charge in [-0.25, -0.2) is 9.18 Å². The van der Waals surface area contributed by atoms with E-state index in [1.165, 1.54) is 12.1 Å². The van der Waals surface area contributed by atoms with Gasteiger partial charge in [0.1, 0.15) is 11.9 Å². The summed E-state index contributed by atoms with van der Waals surface area (Å²) in [6, 6.07) is 5.24. The minimum atomic E-state index is -0.656. The molecule has 1 aromatic carbocycles. The van der Waals surface area contributed by atoms with Crippen molar-refractivity contribution in [1.82, 2.24) is 0 Å². The first-order chi connectivity index (χ1) is 8.04. The summed E-state index contributed by atoms with van der Waals surface area (Å²) in [5, 5.41) is 2.89. The van der Waals surface area contributed by atoms with Gasteiger partial charge in [-0.15, -0.1) is 0 Å². The van der Waals surface area contributed by atoms with Crippen molar-refractivity contribution in [2.75, 3.05) is 11.9 Å². The van der Waals surface area contributed by atoms with Crippen molar-refractivity contribution in [2.45, 2.75) is 19.9 Å². The quantitative estimate of drug-likeness (QED) is 0.632. The summed E-state index contributed by atoms with van der Waals surface area (Å²) in [6.45, 7) is 7.47. The molecule has 1 atom stereocenters. The summed E-state index contributed by atoms with van der Waals surface area (Å²) in [6.07, 6.45) is 0. The number of ether oxygens (including phenoxy) is 1. The first-order valence-electron chi connectivity index (χ1n) is 5.38. The zero-order valence-electron chi connectivity index (χ0n) is 10.00. The molecule has 0 heterocycles. The highest BCUT2D eigenvalue weighted by Gasteiger charge is 2.20. The largest absolute Gasteiger partial charge is 0.464 e. The molecule has 1 unspecified atom stereocenters. The SMILES string of the molecule is C=C(C)C(Nc1cccc(F)c1)C(=O)OCC. The van der Waals surface area contributed by atoms with E-state index in [0.717, 1.165) is 0 Å². The third-order valence-electron chi connectivity index (χ3n) is 2.15. The maximum absolute atomic E-state index is 13.0. The summed E-state index contributed by atoms with van der Waals surface area (Å²) in [5.74, 6) is -0.774. The molecule has 1 aromatic rings. The van der Waals surface area contributed by atoms with Crippen LogP contribution in [0.1, 0.15) is 13.8 Å². The molecule has 0 radical (unpaired) electrons. The van der Waals surface area contributed by atoms with E-state index in [-0.39, 0.29) is 5.82 Å². The van der Waals surface area contributed by atoms with Crippen LogP contribution in [0.3, 0.4) is 0 Å². The highest BCUT2D eigenvalue weighted by Crippen LogP contribution is 2.14. The number of carbonyl (C=O) groups is 1. The van der Waals surface area contributed by atoms with Crippen molar-refractivity contribution in [2.24, 2.45) is 0 Å². The van der Waals surface area contributed by atoms with Crippen LogP contribution < -0.4 is 5.32 Å². The Bertz CT molecular complexity index is 418. The number of rotatable bonds is 5. The van der Waals surface area contributed by atoms with E-state index in [1.54, 1.807) is 26.0 Å². The number of esters is 1. The van der Waals surface area contributed by atoms with Crippen LogP contribution >= 0.6 is 0 Å². The van der Waals surface area contributed by atoms with Gasteiger partial charge in [-0.1, -0.05) is 12.6 Å². The zero-order valence-corrected chi connectivity index (χ0v) is 10.00. The monoisotopic (exact) mass is 237 g/mol. The van der Waals surface area contributed by atoms with E-state index in [9.17, 15) is 9.18 Å². The molecule has 0 aliphatic rings. The molecular weight excluding hydrogens is 221 g/mol. The van der Waals surface area contributed by atoms with Gasteiger partial charge in [-0.3, -0.25) is 0 Å². The summed E-state index contributed by atoms with van der Waals surface area (Å²) in [4.78, 5) is 11.6. The van der Waals surface area contributed by atoms with Gasteiger partial charge in [0.05, 0.1) is 6.61 Å². The third-order valence-corrected chi connectivity index (χ3v) is 2.15. The molecule has 17 heavy (non-hydrogen) atoms. The number of benzene rings is 1. The molecule has 0 saturated carbocycles. The molecule has 0 bridgehead atoms. The molecular formula is C13H16FNO2. The first-order valence-corrected chi connectivity index (χ1v) is 5.38. The lowest BCUT2D eigenvalue weighted by Crippen LogP contribution is -2.32. The lowest BCUT2D eigenvalue weighted by Gasteiger charge is -2.18. The summed E-state index contributed by atoms with van der Waals surface area (Å²) < 4.78 is 17.9. The van der Waals surface area contributed by atoms with Crippen LogP contribution in [0.5, 0.6) is 0 Å². The highest BCUT2D eigenvalue weighted by molar-refractivity contribution is 5.82. The van der Waals surface area contributed by atoms with E-state index in [4.69, 9.17) is 4.74 Å². The maximum atomic E-state index is 13.0. The number of hydrogen-bond acceptors (Lipinski definition) is 3. The topological polar surface area (TPSA) is 38.3 Å². The normalized spacial score (nSPS) is 11.7. The fourth-order valence-electron chi connectivity index (χ4n) is 1.35. The zero-order chi connectivity index (χ0) is 12.8. The fourth-order valence-corrected chi connectivity index (χ4v) is 1.35. The van der Waals surface area contributed by atoms with Crippen LogP contribution in [0, 0.1) is 5.82 Å². The second-order valence-electron chi connectivity index (χ2n) is 3.69. The maximum Gasteiger partial charge on any atom is 0.332 e. The molecule has 0 amide bonds. The second-order valence-corrected chi connectivity index (χ2v) is 3.69. The molecule has 0 spiro atoms.